The van der Waals surface area contributed by atoms with Crippen molar-refractivity contribution in [2.45, 2.75) is 78.1 Å². The summed E-state index contributed by atoms with van der Waals surface area (Å²) in [6.45, 7) is 4.50. The average molecular weight is 493 g/mol. The van der Waals surface area contributed by atoms with Crippen LogP contribution in [0.3, 0.4) is 0 Å². The molecule has 0 amide bonds. The van der Waals surface area contributed by atoms with Gasteiger partial charge in [0.1, 0.15) is 0 Å². The molecule has 192 valence electrons. The Morgan fingerprint density at radius 3 is 1.73 bits per heavy atom. The van der Waals surface area contributed by atoms with Gasteiger partial charge in [0, 0.05) is 11.6 Å². The maximum Gasteiger partial charge on any atom is 0.250 e. The normalized spacial score (nSPS) is 11.4. The monoisotopic (exact) mass is 492 g/mol. The maximum absolute atomic E-state index is 5.47. The molecule has 37 heavy (non-hydrogen) atoms. The number of hydrogen-bond donors (Lipinski definition) is 0. The Hall–Kier alpha value is -3.46. The number of aromatic nitrogens is 2. The van der Waals surface area contributed by atoms with Gasteiger partial charge in [-0.15, -0.1) is 0 Å². The van der Waals surface area contributed by atoms with Gasteiger partial charge in [-0.1, -0.05) is 130 Å². The largest absolute Gasteiger partial charge is 0.334 e. The van der Waals surface area contributed by atoms with Crippen molar-refractivity contribution >= 4 is 12.2 Å². The van der Waals surface area contributed by atoms with E-state index >= 15 is 0 Å². The Morgan fingerprint density at radius 2 is 1.08 bits per heavy atom. The van der Waals surface area contributed by atoms with Gasteiger partial charge in [-0.05, 0) is 59.6 Å². The summed E-state index contributed by atoms with van der Waals surface area (Å²) < 4.78 is 5.47. The van der Waals surface area contributed by atoms with E-state index in [1.54, 1.807) is 0 Å². The van der Waals surface area contributed by atoms with Crippen LogP contribution in [-0.4, -0.2) is 10.1 Å². The molecule has 0 atom stereocenters. The van der Waals surface area contributed by atoms with E-state index in [0.29, 0.717) is 11.7 Å². The standard InChI is InChI=1S/C34H40N2O/c1-3-5-7-8-10-12-27-13-15-29(16-14-27)19-26-33-35-34(36-37-33)32-24-22-31(23-25-32)30-20-17-28(18-21-30)11-9-6-4-2/h13-26H,3-12H2,1-2H3. The van der Waals surface area contributed by atoms with Crippen molar-refractivity contribution in [3.63, 3.8) is 0 Å². The fourth-order valence-corrected chi connectivity index (χ4v) is 4.57. The van der Waals surface area contributed by atoms with Crippen molar-refractivity contribution < 1.29 is 4.52 Å². The predicted octanol–water partition coefficient (Wildman–Crippen LogP) is 9.82. The van der Waals surface area contributed by atoms with Gasteiger partial charge in [0.15, 0.2) is 0 Å². The summed E-state index contributed by atoms with van der Waals surface area (Å²) in [6, 6.07) is 26.1. The molecule has 0 saturated heterocycles. The molecule has 3 nitrogen and oxygen atoms in total. The molecule has 0 bridgehead atoms. The summed E-state index contributed by atoms with van der Waals surface area (Å²) in [5, 5.41) is 4.18. The third-order valence-electron chi connectivity index (χ3n) is 6.91. The van der Waals surface area contributed by atoms with E-state index in [4.69, 9.17) is 4.52 Å². The smallest absolute Gasteiger partial charge is 0.250 e. The van der Waals surface area contributed by atoms with Crippen LogP contribution in [0.5, 0.6) is 0 Å². The van der Waals surface area contributed by atoms with Gasteiger partial charge in [-0.25, -0.2) is 0 Å². The van der Waals surface area contributed by atoms with Crippen molar-refractivity contribution in [1.29, 1.82) is 0 Å². The van der Waals surface area contributed by atoms with E-state index in [2.05, 4.69) is 96.8 Å². The number of unbranched alkanes of at least 4 members (excludes halogenated alkanes) is 6. The van der Waals surface area contributed by atoms with Crippen LogP contribution in [0.15, 0.2) is 77.3 Å². The van der Waals surface area contributed by atoms with E-state index < -0.39 is 0 Å². The molecule has 0 N–H and O–H groups in total. The first-order valence-electron chi connectivity index (χ1n) is 14.1. The minimum Gasteiger partial charge on any atom is -0.334 e. The summed E-state index contributed by atoms with van der Waals surface area (Å²) in [6.07, 6.45) is 16.6. The molecule has 0 saturated carbocycles. The molecule has 0 fully saturated rings. The highest BCUT2D eigenvalue weighted by molar-refractivity contribution is 5.69. The Morgan fingerprint density at radius 1 is 0.568 bits per heavy atom. The first kappa shape index (κ1) is 26.6. The minimum absolute atomic E-state index is 0.512. The number of nitrogens with zero attached hydrogens (tertiary/aromatic N) is 2. The lowest BCUT2D eigenvalue weighted by molar-refractivity contribution is 0.411. The third kappa shape index (κ3) is 8.28. The summed E-state index contributed by atoms with van der Waals surface area (Å²) >= 11 is 0. The van der Waals surface area contributed by atoms with Crippen LogP contribution in [0.2, 0.25) is 0 Å². The second-order valence-corrected chi connectivity index (χ2v) is 9.93. The molecule has 0 unspecified atom stereocenters. The molecule has 0 aliphatic carbocycles. The summed E-state index contributed by atoms with van der Waals surface area (Å²) in [5.41, 5.74) is 7.32. The zero-order valence-corrected chi connectivity index (χ0v) is 22.5. The summed E-state index contributed by atoms with van der Waals surface area (Å²) in [7, 11) is 0. The lowest BCUT2D eigenvalue weighted by Gasteiger charge is -2.05. The molecule has 1 heterocycles. The van der Waals surface area contributed by atoms with E-state index in [1.165, 1.54) is 73.6 Å². The van der Waals surface area contributed by atoms with Crippen molar-refractivity contribution in [1.82, 2.24) is 10.1 Å². The fourth-order valence-electron chi connectivity index (χ4n) is 4.57. The van der Waals surface area contributed by atoms with Crippen LogP contribution in [0, 0.1) is 0 Å². The highest BCUT2D eigenvalue weighted by Gasteiger charge is 2.07. The molecule has 0 aliphatic heterocycles. The summed E-state index contributed by atoms with van der Waals surface area (Å²) in [5.74, 6) is 1.12. The van der Waals surface area contributed by atoms with E-state index in [-0.39, 0.29) is 0 Å². The van der Waals surface area contributed by atoms with Crippen molar-refractivity contribution in [3.8, 4) is 22.5 Å². The van der Waals surface area contributed by atoms with E-state index in [1.807, 2.05) is 12.2 Å². The molecule has 3 heteroatoms. The second kappa shape index (κ2) is 14.3. The van der Waals surface area contributed by atoms with Gasteiger partial charge in [0.25, 0.3) is 5.89 Å². The van der Waals surface area contributed by atoms with Gasteiger partial charge in [0.05, 0.1) is 0 Å². The SMILES string of the molecule is CCCCCCCc1ccc(C=Cc2nc(-c3ccc(-c4ccc(CCCCC)cc4)cc3)no2)cc1. The predicted molar refractivity (Wildman–Crippen MR) is 156 cm³/mol. The quantitative estimate of drug-likeness (QED) is 0.164. The lowest BCUT2D eigenvalue weighted by Crippen LogP contribution is -1.86. The molecule has 0 spiro atoms. The highest BCUT2D eigenvalue weighted by atomic mass is 16.5. The van der Waals surface area contributed by atoms with Gasteiger partial charge < -0.3 is 4.52 Å². The van der Waals surface area contributed by atoms with Crippen LogP contribution >= 0.6 is 0 Å². The average Bonchev–Trinajstić information content (AvgIpc) is 3.42. The maximum atomic E-state index is 5.47. The van der Waals surface area contributed by atoms with Gasteiger partial charge >= 0.3 is 0 Å². The molecule has 1 aromatic heterocycles. The first-order chi connectivity index (χ1) is 18.2. The Labute approximate surface area is 222 Å². The molecular formula is C34H40N2O. The fraction of sp³-hybridized carbons (Fsp3) is 0.353. The zero-order chi connectivity index (χ0) is 25.7. The van der Waals surface area contributed by atoms with Crippen molar-refractivity contribution in [3.05, 3.63) is 95.4 Å². The van der Waals surface area contributed by atoms with E-state index in [9.17, 15) is 0 Å². The van der Waals surface area contributed by atoms with Gasteiger partial charge in [-0.2, -0.15) is 4.98 Å². The number of rotatable bonds is 14. The number of hydrogen-bond acceptors (Lipinski definition) is 3. The van der Waals surface area contributed by atoms with Crippen LogP contribution in [0.1, 0.15) is 87.8 Å². The molecule has 0 aliphatic rings. The molecule has 3 aromatic carbocycles. The molecule has 4 rings (SSSR count). The van der Waals surface area contributed by atoms with E-state index in [0.717, 1.165) is 24.0 Å². The first-order valence-corrected chi connectivity index (χ1v) is 14.1. The summed E-state index contributed by atoms with van der Waals surface area (Å²) in [4.78, 5) is 4.56. The zero-order valence-electron chi connectivity index (χ0n) is 22.5. The van der Waals surface area contributed by atoms with Crippen LogP contribution in [0.4, 0.5) is 0 Å². The Balaban J connectivity index is 1.31. The second-order valence-electron chi connectivity index (χ2n) is 9.93. The topological polar surface area (TPSA) is 38.9 Å². The third-order valence-corrected chi connectivity index (χ3v) is 6.91. The van der Waals surface area contributed by atoms with Crippen molar-refractivity contribution in [2.24, 2.45) is 0 Å². The molecule has 0 radical (unpaired) electrons. The number of benzene rings is 3. The van der Waals surface area contributed by atoms with Gasteiger partial charge in [-0.3, -0.25) is 0 Å². The van der Waals surface area contributed by atoms with Gasteiger partial charge in [0.2, 0.25) is 5.82 Å². The number of aryl methyl sites for hydroxylation is 2. The Kier molecular flexibility index (Phi) is 10.3. The minimum atomic E-state index is 0.512. The highest BCUT2D eigenvalue weighted by Crippen LogP contribution is 2.24. The van der Waals surface area contributed by atoms with Crippen molar-refractivity contribution in [2.75, 3.05) is 0 Å². The van der Waals surface area contributed by atoms with Crippen LogP contribution in [-0.2, 0) is 12.8 Å². The molecular weight excluding hydrogens is 452 g/mol. The molecule has 4 aromatic rings. The lowest BCUT2D eigenvalue weighted by atomic mass is 10.0. The van der Waals surface area contributed by atoms with Crippen LogP contribution < -0.4 is 0 Å². The Bertz CT molecular complexity index is 1220. The van der Waals surface area contributed by atoms with Crippen LogP contribution in [0.25, 0.3) is 34.7 Å².